The molecular weight excluding hydrogens is 395 g/mol. The Morgan fingerprint density at radius 1 is 1.28 bits per heavy atom. The van der Waals surface area contributed by atoms with Crippen LogP contribution in [0.3, 0.4) is 0 Å². The average Bonchev–Trinajstić information content (AvgIpc) is 3.12. The molecule has 2 aliphatic rings. The smallest absolute Gasteiger partial charge is 0.410 e. The van der Waals surface area contributed by atoms with Gasteiger partial charge in [0, 0.05) is 13.6 Å². The maximum absolute atomic E-state index is 14.6. The standard InChI is InChI=1S/C20H19FN4O3S/c1-24-17(26)14-16(23-18(24)20(21)9-10-20)29-15(22-14)13-8-5-11-25(13)19(27)28-12-6-3-2-4-7-12/h2-4,6-7,13H,5,8-11H2,1H3/t13-/m1/s1. The zero-order valence-electron chi connectivity index (χ0n) is 15.8. The summed E-state index contributed by atoms with van der Waals surface area (Å²) in [5, 5.41) is 0.632. The number of carbonyl (C=O) groups is 1. The van der Waals surface area contributed by atoms with Gasteiger partial charge >= 0.3 is 6.09 Å². The summed E-state index contributed by atoms with van der Waals surface area (Å²) in [6, 6.07) is 8.62. The number of hydrogen-bond donors (Lipinski definition) is 0. The number of alkyl halides is 1. The minimum absolute atomic E-state index is 0.164. The summed E-state index contributed by atoms with van der Waals surface area (Å²) in [7, 11) is 1.53. The van der Waals surface area contributed by atoms with Crippen molar-refractivity contribution in [1.82, 2.24) is 19.4 Å². The van der Waals surface area contributed by atoms with Crippen molar-refractivity contribution in [3.8, 4) is 5.75 Å². The van der Waals surface area contributed by atoms with E-state index in [0.717, 1.165) is 12.8 Å². The van der Waals surface area contributed by atoms with Gasteiger partial charge in [-0.2, -0.15) is 0 Å². The molecule has 5 rings (SSSR count). The van der Waals surface area contributed by atoms with Gasteiger partial charge < -0.3 is 4.74 Å². The highest BCUT2D eigenvalue weighted by Crippen LogP contribution is 2.48. The van der Waals surface area contributed by atoms with E-state index in [1.165, 1.54) is 23.0 Å². The molecule has 9 heteroatoms. The van der Waals surface area contributed by atoms with E-state index in [1.807, 2.05) is 6.07 Å². The van der Waals surface area contributed by atoms with Gasteiger partial charge in [0.1, 0.15) is 10.8 Å². The predicted octanol–water partition coefficient (Wildman–Crippen LogP) is 3.68. The Hall–Kier alpha value is -2.81. The van der Waals surface area contributed by atoms with Gasteiger partial charge in [-0.15, -0.1) is 0 Å². The zero-order chi connectivity index (χ0) is 20.2. The first-order chi connectivity index (χ1) is 14.0. The third-order valence-electron chi connectivity index (χ3n) is 5.47. The molecule has 7 nitrogen and oxygen atoms in total. The van der Waals surface area contributed by atoms with Gasteiger partial charge in [-0.05, 0) is 37.8 Å². The van der Waals surface area contributed by atoms with Crippen molar-refractivity contribution in [2.24, 2.45) is 7.05 Å². The van der Waals surface area contributed by atoms with Gasteiger partial charge in [-0.1, -0.05) is 29.5 Å². The highest BCUT2D eigenvalue weighted by Gasteiger charge is 2.49. The number of likely N-dealkylation sites (tertiary alicyclic amines) is 1. The monoisotopic (exact) mass is 414 g/mol. The van der Waals surface area contributed by atoms with Crippen LogP contribution in [0.1, 0.15) is 42.6 Å². The SMILES string of the molecule is Cn1c(C2(F)CC2)nc2sc([C@H]3CCCN3C(=O)Oc3ccccc3)nc2c1=O. The van der Waals surface area contributed by atoms with E-state index < -0.39 is 11.8 Å². The minimum Gasteiger partial charge on any atom is -0.410 e. The topological polar surface area (TPSA) is 77.3 Å². The van der Waals surface area contributed by atoms with E-state index in [2.05, 4.69) is 9.97 Å². The Bertz CT molecular complexity index is 1160. The molecule has 0 unspecified atom stereocenters. The van der Waals surface area contributed by atoms with Crippen LogP contribution in [0.2, 0.25) is 0 Å². The first kappa shape index (κ1) is 18.2. The van der Waals surface area contributed by atoms with Gasteiger partial charge in [-0.3, -0.25) is 14.3 Å². The summed E-state index contributed by atoms with van der Waals surface area (Å²) in [6.07, 6.45) is 1.86. The summed E-state index contributed by atoms with van der Waals surface area (Å²) < 4.78 is 21.3. The molecule has 0 N–H and O–H groups in total. The molecule has 29 heavy (non-hydrogen) atoms. The molecule has 0 bridgehead atoms. The van der Waals surface area contributed by atoms with E-state index in [4.69, 9.17) is 4.74 Å². The van der Waals surface area contributed by atoms with E-state index in [9.17, 15) is 14.0 Å². The van der Waals surface area contributed by atoms with E-state index in [-0.39, 0.29) is 22.9 Å². The van der Waals surface area contributed by atoms with Gasteiger partial charge in [0.15, 0.2) is 21.8 Å². The number of ether oxygens (including phenoxy) is 1. The minimum atomic E-state index is -1.51. The molecule has 2 aromatic heterocycles. The fraction of sp³-hybridized carbons (Fsp3) is 0.400. The van der Waals surface area contributed by atoms with Crippen molar-refractivity contribution in [1.29, 1.82) is 0 Å². The highest BCUT2D eigenvalue weighted by atomic mass is 32.1. The first-order valence-corrected chi connectivity index (χ1v) is 10.4. The second-order valence-electron chi connectivity index (χ2n) is 7.50. The summed E-state index contributed by atoms with van der Waals surface area (Å²) in [5.74, 6) is 0.641. The molecule has 1 amide bonds. The number of amides is 1. The highest BCUT2D eigenvalue weighted by molar-refractivity contribution is 7.18. The number of hydrogen-bond acceptors (Lipinski definition) is 6. The zero-order valence-corrected chi connectivity index (χ0v) is 16.6. The number of halogens is 1. The molecule has 1 saturated carbocycles. The fourth-order valence-electron chi connectivity index (χ4n) is 3.74. The van der Waals surface area contributed by atoms with Crippen molar-refractivity contribution in [3.05, 3.63) is 51.5 Å². The number of carbonyl (C=O) groups excluding carboxylic acids is 1. The molecule has 1 atom stereocenters. The van der Waals surface area contributed by atoms with Crippen molar-refractivity contribution in [2.75, 3.05) is 6.54 Å². The second kappa shape index (κ2) is 6.62. The third-order valence-corrected chi connectivity index (χ3v) is 6.52. The summed E-state index contributed by atoms with van der Waals surface area (Å²) in [5.41, 5.74) is -1.64. The van der Waals surface area contributed by atoms with E-state index in [1.54, 1.807) is 29.2 Å². The number of rotatable bonds is 3. The summed E-state index contributed by atoms with van der Waals surface area (Å²) in [4.78, 5) is 36.3. The molecule has 150 valence electrons. The number of benzene rings is 1. The largest absolute Gasteiger partial charge is 0.415 e. The lowest BCUT2D eigenvalue weighted by Crippen LogP contribution is -2.33. The van der Waals surface area contributed by atoms with Gasteiger partial charge in [0.05, 0.1) is 6.04 Å². The normalized spacial score (nSPS) is 20.2. The molecular formula is C20H19FN4O3S. The van der Waals surface area contributed by atoms with Gasteiger partial charge in [0.25, 0.3) is 5.56 Å². The van der Waals surface area contributed by atoms with Crippen LogP contribution in [0, 0.1) is 0 Å². The van der Waals surface area contributed by atoms with Crippen LogP contribution in [-0.4, -0.2) is 32.1 Å². The van der Waals surface area contributed by atoms with E-state index in [0.29, 0.717) is 35.0 Å². The third kappa shape index (κ3) is 3.09. The maximum atomic E-state index is 14.6. The number of aromatic nitrogens is 3. The molecule has 1 saturated heterocycles. The summed E-state index contributed by atoms with van der Waals surface area (Å²) >= 11 is 1.25. The van der Waals surface area contributed by atoms with Gasteiger partial charge in [0.2, 0.25) is 0 Å². The lowest BCUT2D eigenvalue weighted by Gasteiger charge is -2.22. The Balaban J connectivity index is 1.47. The van der Waals surface area contributed by atoms with Crippen LogP contribution in [0.15, 0.2) is 35.1 Å². The number of para-hydroxylation sites is 1. The number of thiazole rings is 1. The van der Waals surface area contributed by atoms with Gasteiger partial charge in [-0.25, -0.2) is 19.2 Å². The molecule has 1 aromatic carbocycles. The molecule has 3 aromatic rings. The van der Waals surface area contributed by atoms with Crippen molar-refractivity contribution >= 4 is 27.8 Å². The van der Waals surface area contributed by atoms with E-state index >= 15 is 0 Å². The molecule has 0 radical (unpaired) electrons. The van der Waals surface area contributed by atoms with Crippen LogP contribution < -0.4 is 10.3 Å². The predicted molar refractivity (Wildman–Crippen MR) is 106 cm³/mol. The Labute approximate surface area is 169 Å². The van der Waals surface area contributed by atoms with Crippen LogP contribution in [-0.2, 0) is 12.7 Å². The van der Waals surface area contributed by atoms with Crippen LogP contribution in [0.5, 0.6) is 5.75 Å². The Morgan fingerprint density at radius 2 is 2.03 bits per heavy atom. The van der Waals surface area contributed by atoms with Crippen molar-refractivity contribution < 1.29 is 13.9 Å². The number of fused-ring (bicyclic) bond motifs is 1. The molecule has 1 aliphatic carbocycles. The van der Waals surface area contributed by atoms with Crippen molar-refractivity contribution in [3.63, 3.8) is 0 Å². The second-order valence-corrected chi connectivity index (χ2v) is 8.51. The number of nitrogens with zero attached hydrogens (tertiary/aromatic N) is 4. The van der Waals surface area contributed by atoms with Crippen LogP contribution >= 0.6 is 11.3 Å². The Morgan fingerprint density at radius 3 is 2.76 bits per heavy atom. The molecule has 0 spiro atoms. The molecule has 3 heterocycles. The lowest BCUT2D eigenvalue weighted by atomic mass is 10.2. The molecule has 1 aliphatic heterocycles. The maximum Gasteiger partial charge on any atom is 0.415 e. The quantitative estimate of drug-likeness (QED) is 0.653. The lowest BCUT2D eigenvalue weighted by molar-refractivity contribution is 0.147. The Kier molecular flexibility index (Phi) is 4.16. The van der Waals surface area contributed by atoms with Crippen molar-refractivity contribution in [2.45, 2.75) is 37.4 Å². The molecule has 2 fully saturated rings. The summed E-state index contributed by atoms with van der Waals surface area (Å²) in [6.45, 7) is 0.552. The first-order valence-electron chi connectivity index (χ1n) is 9.57. The van der Waals surface area contributed by atoms with Crippen LogP contribution in [0.25, 0.3) is 10.3 Å². The fourth-order valence-corrected chi connectivity index (χ4v) is 4.81. The average molecular weight is 414 g/mol. The van der Waals surface area contributed by atoms with Crippen LogP contribution in [0.4, 0.5) is 9.18 Å².